The zero-order chi connectivity index (χ0) is 16.4. The van der Waals surface area contributed by atoms with Crippen molar-refractivity contribution in [2.24, 2.45) is 0 Å². The molecule has 0 aliphatic rings. The molecule has 0 bridgehead atoms. The van der Waals surface area contributed by atoms with Crippen molar-refractivity contribution < 1.29 is 19.1 Å². The fourth-order valence-corrected chi connectivity index (χ4v) is 2.05. The molecule has 0 atom stereocenters. The van der Waals surface area contributed by atoms with Crippen LogP contribution in [0.2, 0.25) is 0 Å². The second kappa shape index (κ2) is 9.82. The maximum absolute atomic E-state index is 12.2. The fourth-order valence-electron chi connectivity index (χ4n) is 2.05. The Balaban J connectivity index is 2.53. The topological polar surface area (TPSA) is 55.8 Å². The molecule has 0 aliphatic heterocycles. The number of benzene rings is 1. The molecule has 122 valence electrons. The first kappa shape index (κ1) is 18.0. The fraction of sp³-hybridized carbons (Fsp3) is 0.529. The van der Waals surface area contributed by atoms with E-state index in [9.17, 15) is 9.59 Å². The number of carbonyl (C=O) groups excluding carboxylic acids is 2. The van der Waals surface area contributed by atoms with Gasteiger partial charge in [0.15, 0.2) is 6.61 Å². The highest BCUT2D eigenvalue weighted by molar-refractivity contribution is 5.78. The zero-order valence-corrected chi connectivity index (χ0v) is 13.6. The molecular formula is C17H25NO4. The Kier molecular flexibility index (Phi) is 8.04. The van der Waals surface area contributed by atoms with Gasteiger partial charge in [-0.25, -0.2) is 0 Å². The highest BCUT2D eigenvalue weighted by Crippen LogP contribution is 2.13. The minimum Gasteiger partial charge on any atom is -0.484 e. The first-order valence-electron chi connectivity index (χ1n) is 7.67. The van der Waals surface area contributed by atoms with Gasteiger partial charge in [-0.3, -0.25) is 9.59 Å². The van der Waals surface area contributed by atoms with Crippen molar-refractivity contribution in [3.05, 3.63) is 29.8 Å². The van der Waals surface area contributed by atoms with Gasteiger partial charge in [0.1, 0.15) is 5.75 Å². The Hall–Kier alpha value is -2.04. The van der Waals surface area contributed by atoms with Crippen LogP contribution in [0, 0.1) is 0 Å². The molecule has 0 saturated carbocycles. The number of rotatable bonds is 9. The summed E-state index contributed by atoms with van der Waals surface area (Å²) in [7, 11) is 1.35. The van der Waals surface area contributed by atoms with E-state index in [-0.39, 0.29) is 24.9 Å². The maximum atomic E-state index is 12.2. The van der Waals surface area contributed by atoms with Gasteiger partial charge in [-0.2, -0.15) is 0 Å². The van der Waals surface area contributed by atoms with Crippen molar-refractivity contribution >= 4 is 11.9 Å². The van der Waals surface area contributed by atoms with Crippen LogP contribution in [0.5, 0.6) is 5.75 Å². The van der Waals surface area contributed by atoms with Crippen molar-refractivity contribution in [2.45, 2.75) is 33.1 Å². The third-order valence-corrected chi connectivity index (χ3v) is 3.33. The molecule has 22 heavy (non-hydrogen) atoms. The molecule has 0 radical (unpaired) electrons. The minimum absolute atomic E-state index is 0.0195. The summed E-state index contributed by atoms with van der Waals surface area (Å²) in [4.78, 5) is 25.1. The van der Waals surface area contributed by atoms with Gasteiger partial charge in [-0.1, -0.05) is 26.0 Å². The molecule has 0 N–H and O–H groups in total. The normalized spacial score (nSPS) is 10.1. The van der Waals surface area contributed by atoms with Gasteiger partial charge in [0.25, 0.3) is 5.91 Å². The second-order valence-corrected chi connectivity index (χ2v) is 5.00. The SMILES string of the molecule is CCCN(CCC(=O)OC)C(=O)COc1cccc(CC)c1. The lowest BCUT2D eigenvalue weighted by Gasteiger charge is -2.21. The summed E-state index contributed by atoms with van der Waals surface area (Å²) < 4.78 is 10.2. The molecule has 1 amide bonds. The van der Waals surface area contributed by atoms with Crippen LogP contribution in [-0.4, -0.2) is 43.6 Å². The summed E-state index contributed by atoms with van der Waals surface area (Å²) >= 11 is 0. The van der Waals surface area contributed by atoms with Gasteiger partial charge in [-0.15, -0.1) is 0 Å². The largest absolute Gasteiger partial charge is 0.484 e. The monoisotopic (exact) mass is 307 g/mol. The molecule has 0 heterocycles. The summed E-state index contributed by atoms with van der Waals surface area (Å²) in [5.74, 6) is 0.259. The van der Waals surface area contributed by atoms with Crippen molar-refractivity contribution in [3.8, 4) is 5.75 Å². The van der Waals surface area contributed by atoms with Crippen LogP contribution in [0.25, 0.3) is 0 Å². The number of carbonyl (C=O) groups is 2. The van der Waals surface area contributed by atoms with Crippen LogP contribution in [0.3, 0.4) is 0 Å². The molecule has 1 aromatic rings. The summed E-state index contributed by atoms with van der Waals surface area (Å²) in [6.07, 6.45) is 1.96. The van der Waals surface area contributed by atoms with Crippen molar-refractivity contribution in [2.75, 3.05) is 26.8 Å². The number of hydrogen-bond donors (Lipinski definition) is 0. The average molecular weight is 307 g/mol. The number of aryl methyl sites for hydroxylation is 1. The third-order valence-electron chi connectivity index (χ3n) is 3.33. The third kappa shape index (κ3) is 6.16. The first-order valence-corrected chi connectivity index (χ1v) is 7.67. The van der Waals surface area contributed by atoms with Crippen molar-refractivity contribution in [1.82, 2.24) is 4.90 Å². The number of hydrogen-bond acceptors (Lipinski definition) is 4. The molecule has 1 aromatic carbocycles. The van der Waals surface area contributed by atoms with E-state index in [1.165, 1.54) is 12.7 Å². The van der Waals surface area contributed by atoms with E-state index in [2.05, 4.69) is 11.7 Å². The predicted octanol–water partition coefficient (Wildman–Crippen LogP) is 2.43. The van der Waals surface area contributed by atoms with Crippen LogP contribution in [0.15, 0.2) is 24.3 Å². The molecule has 5 nitrogen and oxygen atoms in total. The summed E-state index contributed by atoms with van der Waals surface area (Å²) in [6, 6.07) is 7.71. The van der Waals surface area contributed by atoms with E-state index < -0.39 is 0 Å². The lowest BCUT2D eigenvalue weighted by molar-refractivity contribution is -0.142. The van der Waals surface area contributed by atoms with Gasteiger partial charge in [0, 0.05) is 13.1 Å². The molecular weight excluding hydrogens is 282 g/mol. The standard InChI is InChI=1S/C17H25NO4/c1-4-10-18(11-9-17(20)21-3)16(19)13-22-15-8-6-7-14(5-2)12-15/h6-8,12H,4-5,9-11,13H2,1-3H3. The zero-order valence-electron chi connectivity index (χ0n) is 13.6. The number of esters is 1. The quantitative estimate of drug-likeness (QED) is 0.658. The highest BCUT2D eigenvalue weighted by atomic mass is 16.5. The average Bonchev–Trinajstić information content (AvgIpc) is 2.56. The molecule has 0 unspecified atom stereocenters. The minimum atomic E-state index is -0.314. The lowest BCUT2D eigenvalue weighted by atomic mass is 10.2. The molecule has 0 aliphatic carbocycles. The molecule has 0 spiro atoms. The predicted molar refractivity (Wildman–Crippen MR) is 84.8 cm³/mol. The van der Waals surface area contributed by atoms with Crippen LogP contribution >= 0.6 is 0 Å². The van der Waals surface area contributed by atoms with Gasteiger partial charge in [0.2, 0.25) is 0 Å². The van der Waals surface area contributed by atoms with Crippen molar-refractivity contribution in [1.29, 1.82) is 0 Å². The summed E-state index contributed by atoms with van der Waals surface area (Å²) in [6.45, 7) is 5.00. The number of nitrogens with zero attached hydrogens (tertiary/aromatic N) is 1. The lowest BCUT2D eigenvalue weighted by Crippen LogP contribution is -2.37. The Bertz CT molecular complexity index is 487. The van der Waals surface area contributed by atoms with Crippen LogP contribution in [0.4, 0.5) is 0 Å². The van der Waals surface area contributed by atoms with Gasteiger partial charge in [0.05, 0.1) is 13.5 Å². The molecule has 0 aromatic heterocycles. The first-order chi connectivity index (χ1) is 10.6. The highest BCUT2D eigenvalue weighted by Gasteiger charge is 2.15. The summed E-state index contributed by atoms with van der Waals surface area (Å²) in [5.41, 5.74) is 1.17. The molecule has 5 heteroatoms. The number of ether oxygens (including phenoxy) is 2. The van der Waals surface area contributed by atoms with Crippen LogP contribution < -0.4 is 4.74 Å². The van der Waals surface area contributed by atoms with Crippen LogP contribution in [-0.2, 0) is 20.7 Å². The summed E-state index contributed by atoms with van der Waals surface area (Å²) in [5, 5.41) is 0. The Labute approximate surface area is 132 Å². The van der Waals surface area contributed by atoms with E-state index >= 15 is 0 Å². The Morgan fingerprint density at radius 3 is 2.59 bits per heavy atom. The van der Waals surface area contributed by atoms with E-state index in [1.807, 2.05) is 31.2 Å². The van der Waals surface area contributed by atoms with Gasteiger partial charge < -0.3 is 14.4 Å². The molecule has 0 saturated heterocycles. The maximum Gasteiger partial charge on any atom is 0.307 e. The number of amides is 1. The van der Waals surface area contributed by atoms with Gasteiger partial charge in [-0.05, 0) is 30.5 Å². The molecule has 0 fully saturated rings. The smallest absolute Gasteiger partial charge is 0.307 e. The van der Waals surface area contributed by atoms with Crippen molar-refractivity contribution in [3.63, 3.8) is 0 Å². The number of methoxy groups -OCH3 is 1. The van der Waals surface area contributed by atoms with E-state index in [0.717, 1.165) is 12.8 Å². The van der Waals surface area contributed by atoms with E-state index in [0.29, 0.717) is 18.8 Å². The van der Waals surface area contributed by atoms with E-state index in [4.69, 9.17) is 4.74 Å². The van der Waals surface area contributed by atoms with Gasteiger partial charge >= 0.3 is 5.97 Å². The molecule has 1 rings (SSSR count). The second-order valence-electron chi connectivity index (χ2n) is 5.00. The Morgan fingerprint density at radius 1 is 1.18 bits per heavy atom. The van der Waals surface area contributed by atoms with E-state index in [1.54, 1.807) is 4.90 Å². The van der Waals surface area contributed by atoms with Crippen LogP contribution in [0.1, 0.15) is 32.3 Å². The Morgan fingerprint density at radius 2 is 1.95 bits per heavy atom.